The lowest BCUT2D eigenvalue weighted by molar-refractivity contribution is 0.125. The molecule has 0 N–H and O–H groups in total. The zero-order valence-electron chi connectivity index (χ0n) is 16.8. The highest BCUT2D eigenvalue weighted by Crippen LogP contribution is 2.45. The molecule has 140 valence electrons. The molecule has 0 unspecified atom stereocenters. The second-order valence-electron chi connectivity index (χ2n) is 9.92. The summed E-state index contributed by atoms with van der Waals surface area (Å²) in [6.45, 7) is 4.71. The molecule has 0 heterocycles. The first-order valence-corrected chi connectivity index (χ1v) is 11.8. The van der Waals surface area contributed by atoms with Crippen LogP contribution in [0.2, 0.25) is 0 Å². The Morgan fingerprint density at radius 3 is 1.33 bits per heavy atom. The summed E-state index contributed by atoms with van der Waals surface area (Å²) < 4.78 is 0. The van der Waals surface area contributed by atoms with Gasteiger partial charge in [0.2, 0.25) is 0 Å². The fraction of sp³-hybridized carbons (Fsp3) is 1.00. The van der Waals surface area contributed by atoms with Crippen molar-refractivity contribution in [1.29, 1.82) is 0 Å². The Kier molecular flexibility index (Phi) is 7.54. The zero-order valence-corrected chi connectivity index (χ0v) is 16.8. The molecule has 0 amide bonds. The third kappa shape index (κ3) is 5.25. The molecule has 3 fully saturated rings. The maximum Gasteiger partial charge on any atom is -0.0386 e. The lowest BCUT2D eigenvalue weighted by Gasteiger charge is -2.39. The van der Waals surface area contributed by atoms with E-state index in [-0.39, 0.29) is 0 Å². The molecule has 0 saturated heterocycles. The van der Waals surface area contributed by atoms with Gasteiger partial charge in [0.15, 0.2) is 0 Å². The summed E-state index contributed by atoms with van der Waals surface area (Å²) in [7, 11) is 0. The van der Waals surface area contributed by atoms with E-state index in [2.05, 4.69) is 13.8 Å². The maximum absolute atomic E-state index is 2.36. The Labute approximate surface area is 152 Å². The molecular formula is C24H44. The quantitative estimate of drug-likeness (QED) is 0.422. The van der Waals surface area contributed by atoms with Crippen molar-refractivity contribution >= 4 is 0 Å². The molecule has 3 saturated carbocycles. The lowest BCUT2D eigenvalue weighted by atomic mass is 9.66. The van der Waals surface area contributed by atoms with Crippen molar-refractivity contribution in [2.45, 2.75) is 117 Å². The van der Waals surface area contributed by atoms with Crippen LogP contribution in [-0.4, -0.2) is 0 Å². The van der Waals surface area contributed by atoms with Crippen molar-refractivity contribution in [2.75, 3.05) is 0 Å². The molecule has 0 radical (unpaired) electrons. The van der Waals surface area contributed by atoms with Crippen molar-refractivity contribution in [1.82, 2.24) is 0 Å². The van der Waals surface area contributed by atoms with Crippen LogP contribution in [0, 0.1) is 35.5 Å². The van der Waals surface area contributed by atoms with Crippen LogP contribution >= 0.6 is 0 Å². The molecule has 0 aliphatic heterocycles. The third-order valence-corrected chi connectivity index (χ3v) is 8.16. The van der Waals surface area contributed by atoms with Crippen LogP contribution in [0.5, 0.6) is 0 Å². The van der Waals surface area contributed by atoms with E-state index >= 15 is 0 Å². The Balaban J connectivity index is 1.27. The predicted octanol–water partition coefficient (Wildman–Crippen LogP) is 8.01. The van der Waals surface area contributed by atoms with Crippen LogP contribution in [-0.2, 0) is 0 Å². The van der Waals surface area contributed by atoms with Crippen LogP contribution in [0.1, 0.15) is 117 Å². The minimum absolute atomic E-state index is 1.08. The molecule has 3 rings (SSSR count). The lowest BCUT2D eigenvalue weighted by Crippen LogP contribution is -2.27. The van der Waals surface area contributed by atoms with Gasteiger partial charge in [-0.05, 0) is 74.0 Å². The molecule has 0 aromatic carbocycles. The molecule has 24 heavy (non-hydrogen) atoms. The Morgan fingerprint density at radius 2 is 0.833 bits per heavy atom. The van der Waals surface area contributed by atoms with E-state index in [9.17, 15) is 0 Å². The summed E-state index contributed by atoms with van der Waals surface area (Å²) in [6, 6.07) is 0. The number of rotatable bonds is 8. The van der Waals surface area contributed by atoms with Crippen LogP contribution in [0.25, 0.3) is 0 Å². The van der Waals surface area contributed by atoms with Gasteiger partial charge in [0.25, 0.3) is 0 Å². The molecule has 3 aliphatic rings. The van der Waals surface area contributed by atoms with Crippen molar-refractivity contribution in [3.63, 3.8) is 0 Å². The molecule has 0 aromatic heterocycles. The van der Waals surface area contributed by atoms with E-state index in [0.717, 1.165) is 35.5 Å². The molecule has 0 aromatic rings. The third-order valence-electron chi connectivity index (χ3n) is 8.16. The van der Waals surface area contributed by atoms with Gasteiger partial charge in [-0.1, -0.05) is 78.1 Å². The number of hydrogen-bond acceptors (Lipinski definition) is 0. The number of hydrogen-bond donors (Lipinski definition) is 0. The van der Waals surface area contributed by atoms with Crippen LogP contribution in [0.15, 0.2) is 0 Å². The maximum atomic E-state index is 2.36. The highest BCUT2D eigenvalue weighted by atomic mass is 14.4. The van der Waals surface area contributed by atoms with Gasteiger partial charge in [-0.15, -0.1) is 0 Å². The summed E-state index contributed by atoms with van der Waals surface area (Å²) in [5.74, 6) is 6.64. The van der Waals surface area contributed by atoms with Gasteiger partial charge in [-0.2, -0.15) is 0 Å². The van der Waals surface area contributed by atoms with Gasteiger partial charge in [0, 0.05) is 0 Å². The van der Waals surface area contributed by atoms with E-state index in [1.807, 2.05) is 0 Å². The zero-order chi connectivity index (χ0) is 16.8. The van der Waals surface area contributed by atoms with Crippen molar-refractivity contribution in [3.05, 3.63) is 0 Å². The van der Waals surface area contributed by atoms with Gasteiger partial charge in [-0.25, -0.2) is 0 Å². The Bertz CT molecular complexity index is 324. The van der Waals surface area contributed by atoms with E-state index in [0.29, 0.717) is 0 Å². The van der Waals surface area contributed by atoms with Gasteiger partial charge >= 0.3 is 0 Å². The molecule has 0 bridgehead atoms. The highest BCUT2D eigenvalue weighted by molar-refractivity contribution is 4.84. The summed E-state index contributed by atoms with van der Waals surface area (Å²) in [5, 5.41) is 0. The van der Waals surface area contributed by atoms with Gasteiger partial charge in [0.05, 0.1) is 0 Å². The molecule has 0 spiro atoms. The van der Waals surface area contributed by atoms with Gasteiger partial charge in [0.1, 0.15) is 0 Å². The largest absolute Gasteiger partial charge is 0.0654 e. The molecule has 3 aliphatic carbocycles. The molecular weight excluding hydrogens is 288 g/mol. The molecule has 0 atom stereocenters. The topological polar surface area (TPSA) is 0 Å². The van der Waals surface area contributed by atoms with Crippen LogP contribution in [0.4, 0.5) is 0 Å². The smallest absolute Gasteiger partial charge is 0.0386 e. The second-order valence-corrected chi connectivity index (χ2v) is 9.92. The average Bonchev–Trinajstić information content (AvgIpc) is 2.58. The fourth-order valence-electron chi connectivity index (χ4n) is 6.53. The Morgan fingerprint density at radius 1 is 0.458 bits per heavy atom. The van der Waals surface area contributed by atoms with Crippen molar-refractivity contribution in [2.24, 2.45) is 35.5 Å². The van der Waals surface area contributed by atoms with E-state index < -0.39 is 0 Å². The highest BCUT2D eigenvalue weighted by Gasteiger charge is 2.32. The normalized spacial score (nSPS) is 40.2. The van der Waals surface area contributed by atoms with E-state index in [4.69, 9.17) is 0 Å². The SMILES string of the molecule is CCCC1CCC(C2CCC(CCC3CC(CCC)C3)CC2)CC1. The van der Waals surface area contributed by atoms with Gasteiger partial charge in [-0.3, -0.25) is 0 Å². The summed E-state index contributed by atoms with van der Waals surface area (Å²) >= 11 is 0. The van der Waals surface area contributed by atoms with E-state index in [1.54, 1.807) is 77.0 Å². The monoisotopic (exact) mass is 332 g/mol. The van der Waals surface area contributed by atoms with Crippen LogP contribution in [0.3, 0.4) is 0 Å². The summed E-state index contributed by atoms with van der Waals surface area (Å²) in [4.78, 5) is 0. The molecule has 0 nitrogen and oxygen atoms in total. The van der Waals surface area contributed by atoms with Gasteiger partial charge < -0.3 is 0 Å². The minimum atomic E-state index is 1.08. The average molecular weight is 333 g/mol. The van der Waals surface area contributed by atoms with Crippen LogP contribution < -0.4 is 0 Å². The predicted molar refractivity (Wildman–Crippen MR) is 106 cm³/mol. The summed E-state index contributed by atoms with van der Waals surface area (Å²) in [6.07, 6.45) is 24.7. The minimum Gasteiger partial charge on any atom is -0.0654 e. The summed E-state index contributed by atoms with van der Waals surface area (Å²) in [5.41, 5.74) is 0. The van der Waals surface area contributed by atoms with E-state index in [1.165, 1.54) is 25.7 Å². The Hall–Kier alpha value is 0. The first-order valence-electron chi connectivity index (χ1n) is 11.8. The fourth-order valence-corrected chi connectivity index (χ4v) is 6.53. The first-order chi connectivity index (χ1) is 11.8. The standard InChI is InChI=1S/C24H44/c1-3-5-19-9-13-23(14-10-19)24-15-11-20(12-16-24)7-8-22-17-21(18-22)6-4-2/h19-24H,3-18H2,1-2H3. The second kappa shape index (κ2) is 9.63. The first kappa shape index (κ1) is 18.8. The molecule has 0 heteroatoms. The van der Waals surface area contributed by atoms with Crippen molar-refractivity contribution in [3.8, 4) is 0 Å². The van der Waals surface area contributed by atoms with Crippen molar-refractivity contribution < 1.29 is 0 Å².